The summed E-state index contributed by atoms with van der Waals surface area (Å²) in [5.74, 6) is -0.505. The summed E-state index contributed by atoms with van der Waals surface area (Å²) in [6.07, 6.45) is 1.84. The maximum absolute atomic E-state index is 12.4. The van der Waals surface area contributed by atoms with Crippen LogP contribution in [0.1, 0.15) is 32.8 Å². The van der Waals surface area contributed by atoms with Gasteiger partial charge in [-0.15, -0.1) is 0 Å². The van der Waals surface area contributed by atoms with Gasteiger partial charge in [0.05, 0.1) is 6.54 Å². The van der Waals surface area contributed by atoms with Gasteiger partial charge >= 0.3 is 5.97 Å². The van der Waals surface area contributed by atoms with Crippen LogP contribution in [0.15, 0.2) is 24.3 Å². The molecule has 5 nitrogen and oxygen atoms in total. The largest absolute Gasteiger partial charge is 0.459 e. The highest BCUT2D eigenvalue weighted by atomic mass is 16.6. The first-order chi connectivity index (χ1) is 10.4. The topological polar surface area (TPSA) is 58.6 Å². The quantitative estimate of drug-likeness (QED) is 0.848. The third kappa shape index (κ3) is 4.56. The first kappa shape index (κ1) is 16.5. The molecule has 0 saturated carbocycles. The number of carbonyl (C=O) groups excluding carboxylic acids is 2. The molecule has 1 aromatic carbocycles. The summed E-state index contributed by atoms with van der Waals surface area (Å²) in [6, 6.07) is 7.75. The first-order valence-electron chi connectivity index (χ1n) is 7.68. The van der Waals surface area contributed by atoms with E-state index in [1.807, 2.05) is 45.0 Å². The lowest BCUT2D eigenvalue weighted by molar-refractivity contribution is -0.153. The van der Waals surface area contributed by atoms with Gasteiger partial charge in [0, 0.05) is 5.69 Å². The molecule has 1 N–H and O–H groups in total. The van der Waals surface area contributed by atoms with E-state index in [0.29, 0.717) is 0 Å². The highest BCUT2D eigenvalue weighted by Crippen LogP contribution is 2.23. The van der Waals surface area contributed by atoms with E-state index in [9.17, 15) is 9.59 Å². The van der Waals surface area contributed by atoms with Gasteiger partial charge in [0.15, 0.2) is 0 Å². The fourth-order valence-electron chi connectivity index (χ4n) is 2.49. The molecule has 1 heterocycles. The van der Waals surface area contributed by atoms with Crippen molar-refractivity contribution in [2.45, 2.75) is 39.2 Å². The number of esters is 1. The predicted octanol–water partition coefficient (Wildman–Crippen LogP) is 1.90. The molecule has 0 bridgehead atoms. The normalized spacial score (nSPS) is 16.3. The number of nitrogens with one attached hydrogen (secondary N) is 1. The van der Waals surface area contributed by atoms with Crippen LogP contribution in [-0.4, -0.2) is 37.1 Å². The fourth-order valence-corrected chi connectivity index (χ4v) is 2.49. The van der Waals surface area contributed by atoms with Crippen molar-refractivity contribution in [2.24, 2.45) is 0 Å². The molecule has 1 aliphatic rings. The van der Waals surface area contributed by atoms with Crippen molar-refractivity contribution in [2.75, 3.05) is 24.5 Å². The van der Waals surface area contributed by atoms with Crippen molar-refractivity contribution in [3.05, 3.63) is 29.8 Å². The molecule has 22 heavy (non-hydrogen) atoms. The number of aryl methyl sites for hydroxylation is 1. The third-order valence-corrected chi connectivity index (χ3v) is 3.37. The molecule has 1 aliphatic heterocycles. The van der Waals surface area contributed by atoms with E-state index >= 15 is 0 Å². The first-order valence-corrected chi connectivity index (χ1v) is 7.68. The summed E-state index contributed by atoms with van der Waals surface area (Å²) in [5.41, 5.74) is 1.34. The van der Waals surface area contributed by atoms with Gasteiger partial charge in [-0.3, -0.25) is 14.5 Å². The van der Waals surface area contributed by atoms with Gasteiger partial charge in [-0.25, -0.2) is 0 Å². The Kier molecular flexibility index (Phi) is 5.19. The highest BCUT2D eigenvalue weighted by Gasteiger charge is 2.25. The number of benzene rings is 1. The molecule has 0 saturated heterocycles. The zero-order valence-corrected chi connectivity index (χ0v) is 13.5. The number of amides is 1. The molecule has 0 fully saturated rings. The molecule has 0 radical (unpaired) electrons. The summed E-state index contributed by atoms with van der Waals surface area (Å²) in [7, 11) is 0. The van der Waals surface area contributed by atoms with E-state index in [1.165, 1.54) is 4.90 Å². The van der Waals surface area contributed by atoms with Gasteiger partial charge in [0.2, 0.25) is 5.91 Å². The van der Waals surface area contributed by atoms with E-state index in [0.717, 1.165) is 30.6 Å². The van der Waals surface area contributed by atoms with E-state index < -0.39 is 11.6 Å². The SMILES string of the molecule is CC(C)(C)OC(=O)CN1C(=O)CNCCCc2ccccc21. The minimum Gasteiger partial charge on any atom is -0.459 e. The average Bonchev–Trinajstić information content (AvgIpc) is 2.49. The molecule has 5 heteroatoms. The lowest BCUT2D eigenvalue weighted by Crippen LogP contribution is -2.43. The second-order valence-corrected chi connectivity index (χ2v) is 6.48. The molecule has 1 aromatic rings. The van der Waals surface area contributed by atoms with Crippen LogP contribution in [0.5, 0.6) is 0 Å². The van der Waals surface area contributed by atoms with Gasteiger partial charge in [-0.2, -0.15) is 0 Å². The molecular weight excluding hydrogens is 280 g/mol. The second kappa shape index (κ2) is 6.92. The lowest BCUT2D eigenvalue weighted by atomic mass is 10.1. The lowest BCUT2D eigenvalue weighted by Gasteiger charge is -2.26. The maximum atomic E-state index is 12.4. The van der Waals surface area contributed by atoms with Crippen LogP contribution >= 0.6 is 0 Å². The number of para-hydroxylation sites is 1. The second-order valence-electron chi connectivity index (χ2n) is 6.48. The number of nitrogens with zero attached hydrogens (tertiary/aromatic N) is 1. The van der Waals surface area contributed by atoms with Crippen LogP contribution in [0.4, 0.5) is 5.69 Å². The minimum absolute atomic E-state index is 0.0607. The number of rotatable bonds is 2. The summed E-state index contributed by atoms with van der Waals surface area (Å²) in [6.45, 7) is 6.43. The number of hydrogen-bond donors (Lipinski definition) is 1. The Hall–Kier alpha value is -1.88. The van der Waals surface area contributed by atoms with Crippen LogP contribution in [0.3, 0.4) is 0 Å². The molecule has 0 aromatic heterocycles. The average molecular weight is 304 g/mol. The van der Waals surface area contributed by atoms with E-state index in [1.54, 1.807) is 0 Å². The molecule has 120 valence electrons. The Bertz CT molecular complexity index is 549. The molecule has 0 spiro atoms. The predicted molar refractivity (Wildman–Crippen MR) is 85.8 cm³/mol. The van der Waals surface area contributed by atoms with Crippen molar-refractivity contribution >= 4 is 17.6 Å². The Morgan fingerprint density at radius 1 is 1.32 bits per heavy atom. The standard InChI is InChI=1S/C17H24N2O3/c1-17(2,3)22-16(21)12-19-14-9-5-4-7-13(14)8-6-10-18-11-15(19)20/h4-5,7,9,18H,6,8,10-12H2,1-3H3. The number of hydrogen-bond acceptors (Lipinski definition) is 4. The van der Waals surface area contributed by atoms with Crippen LogP contribution in [-0.2, 0) is 20.7 Å². The van der Waals surface area contributed by atoms with Crippen LogP contribution in [0.2, 0.25) is 0 Å². The van der Waals surface area contributed by atoms with Gasteiger partial charge < -0.3 is 10.1 Å². The third-order valence-electron chi connectivity index (χ3n) is 3.37. The van der Waals surface area contributed by atoms with Crippen LogP contribution in [0, 0.1) is 0 Å². The van der Waals surface area contributed by atoms with Gasteiger partial charge in [0.1, 0.15) is 12.1 Å². The number of carbonyl (C=O) groups is 2. The summed E-state index contributed by atoms with van der Waals surface area (Å²) in [4.78, 5) is 26.1. The van der Waals surface area contributed by atoms with Crippen molar-refractivity contribution < 1.29 is 14.3 Å². The Morgan fingerprint density at radius 2 is 2.05 bits per heavy atom. The van der Waals surface area contributed by atoms with E-state index in [2.05, 4.69) is 5.32 Å². The van der Waals surface area contributed by atoms with E-state index in [-0.39, 0.29) is 19.0 Å². The van der Waals surface area contributed by atoms with Crippen LogP contribution < -0.4 is 10.2 Å². The minimum atomic E-state index is -0.558. The maximum Gasteiger partial charge on any atom is 0.326 e. The monoisotopic (exact) mass is 304 g/mol. The van der Waals surface area contributed by atoms with Crippen LogP contribution in [0.25, 0.3) is 0 Å². The number of anilines is 1. The van der Waals surface area contributed by atoms with Gasteiger partial charge in [0.25, 0.3) is 0 Å². The molecule has 0 aliphatic carbocycles. The summed E-state index contributed by atoms with van der Waals surface area (Å²) < 4.78 is 5.35. The van der Waals surface area contributed by atoms with Crippen molar-refractivity contribution in [3.63, 3.8) is 0 Å². The Balaban J connectivity index is 2.25. The van der Waals surface area contributed by atoms with E-state index in [4.69, 9.17) is 4.74 Å². The Labute approximate surface area is 131 Å². The van der Waals surface area contributed by atoms with Crippen molar-refractivity contribution in [1.82, 2.24) is 5.32 Å². The number of ether oxygens (including phenoxy) is 1. The summed E-state index contributed by atoms with van der Waals surface area (Å²) >= 11 is 0. The van der Waals surface area contributed by atoms with Gasteiger partial charge in [-0.1, -0.05) is 18.2 Å². The number of fused-ring (bicyclic) bond motifs is 1. The van der Waals surface area contributed by atoms with Crippen molar-refractivity contribution in [1.29, 1.82) is 0 Å². The molecule has 1 amide bonds. The zero-order valence-electron chi connectivity index (χ0n) is 13.5. The zero-order chi connectivity index (χ0) is 16.2. The molecule has 0 atom stereocenters. The fraction of sp³-hybridized carbons (Fsp3) is 0.529. The molecule has 2 rings (SSSR count). The summed E-state index contributed by atoms with van der Waals surface area (Å²) in [5, 5.41) is 3.12. The molecule has 0 unspecified atom stereocenters. The smallest absolute Gasteiger partial charge is 0.326 e. The van der Waals surface area contributed by atoms with Crippen molar-refractivity contribution in [3.8, 4) is 0 Å². The highest BCUT2D eigenvalue weighted by molar-refractivity contribution is 5.99. The Morgan fingerprint density at radius 3 is 2.77 bits per heavy atom. The van der Waals surface area contributed by atoms with Gasteiger partial charge in [-0.05, 0) is 51.8 Å². The molecular formula is C17H24N2O3.